The molecule has 0 aliphatic carbocycles. The Morgan fingerprint density at radius 2 is 0.688 bits per heavy atom. The number of hydrogen-bond acceptors (Lipinski definition) is 6. The normalized spacial score (nSPS) is 10.9. The van der Waals surface area contributed by atoms with Gasteiger partial charge in [-0.25, -0.2) is 0 Å². The van der Waals surface area contributed by atoms with Crippen molar-refractivity contribution in [2.75, 3.05) is 24.7 Å². The van der Waals surface area contributed by atoms with Crippen LogP contribution in [0, 0.1) is 0 Å². The molecule has 0 aliphatic rings. The lowest BCUT2D eigenvalue weighted by molar-refractivity contribution is -0.142. The van der Waals surface area contributed by atoms with Gasteiger partial charge >= 0.3 is 11.9 Å². The third kappa shape index (κ3) is 29.6. The number of ether oxygens (including phenoxy) is 2. The third-order valence-corrected chi connectivity index (χ3v) is 8.02. The van der Waals surface area contributed by atoms with Gasteiger partial charge in [-0.15, -0.1) is 0 Å². The molecule has 0 saturated heterocycles. The van der Waals surface area contributed by atoms with Gasteiger partial charge in [0.1, 0.15) is 0 Å². The van der Waals surface area contributed by atoms with E-state index in [0.717, 1.165) is 12.8 Å². The van der Waals surface area contributed by atoms with Crippen LogP contribution in [0.1, 0.15) is 129 Å². The first-order chi connectivity index (χ1) is 15.6. The van der Waals surface area contributed by atoms with Gasteiger partial charge in [0.25, 0.3) is 0 Å². The van der Waals surface area contributed by atoms with E-state index >= 15 is 0 Å². The first-order valence-electron chi connectivity index (χ1n) is 13.1. The fourth-order valence-electron chi connectivity index (χ4n) is 3.55. The molecule has 0 N–H and O–H groups in total. The molecular formula is C26H50O4S2. The molecule has 0 unspecified atom stereocenters. The number of carbonyl (C=O) groups excluding carboxylic acids is 2. The second-order valence-electron chi connectivity index (χ2n) is 8.69. The lowest BCUT2D eigenvalue weighted by Gasteiger charge is -2.04. The molecule has 0 aromatic carbocycles. The van der Waals surface area contributed by atoms with Crippen LogP contribution in [-0.2, 0) is 19.1 Å². The molecule has 190 valence electrons. The highest BCUT2D eigenvalue weighted by Gasteiger charge is 1.97. The summed E-state index contributed by atoms with van der Waals surface area (Å²) in [6.45, 7) is 4.13. The molecule has 0 bridgehead atoms. The van der Waals surface area contributed by atoms with Crippen LogP contribution >= 0.6 is 21.6 Å². The lowest BCUT2D eigenvalue weighted by atomic mass is 10.1. The average Bonchev–Trinajstić information content (AvgIpc) is 2.75. The summed E-state index contributed by atoms with van der Waals surface area (Å²) in [5.41, 5.74) is 0. The van der Waals surface area contributed by atoms with Crippen LogP contribution in [0.5, 0.6) is 0 Å². The highest BCUT2D eigenvalue weighted by molar-refractivity contribution is 8.76. The van der Waals surface area contributed by atoms with Crippen LogP contribution < -0.4 is 0 Å². The highest BCUT2D eigenvalue weighted by atomic mass is 33.1. The van der Waals surface area contributed by atoms with Crippen molar-refractivity contribution < 1.29 is 19.1 Å². The van der Waals surface area contributed by atoms with E-state index in [0.29, 0.717) is 13.2 Å². The Labute approximate surface area is 206 Å². The molecule has 0 saturated carbocycles. The summed E-state index contributed by atoms with van der Waals surface area (Å²) in [6.07, 6.45) is 23.3. The number of esters is 2. The summed E-state index contributed by atoms with van der Waals surface area (Å²) in [4.78, 5) is 21.3. The quantitative estimate of drug-likeness (QED) is 0.0726. The van der Waals surface area contributed by atoms with Crippen molar-refractivity contribution in [2.24, 2.45) is 0 Å². The Hall–Kier alpha value is -0.360. The smallest absolute Gasteiger partial charge is 0.302 e. The first kappa shape index (κ1) is 31.6. The summed E-state index contributed by atoms with van der Waals surface area (Å²) in [5.74, 6) is 2.29. The molecule has 6 heteroatoms. The van der Waals surface area contributed by atoms with E-state index in [1.165, 1.54) is 128 Å². The number of hydrogen-bond donors (Lipinski definition) is 0. The van der Waals surface area contributed by atoms with Gasteiger partial charge in [0.2, 0.25) is 0 Å². The van der Waals surface area contributed by atoms with Crippen molar-refractivity contribution in [3.8, 4) is 0 Å². The van der Waals surface area contributed by atoms with E-state index in [1.54, 1.807) is 0 Å². The van der Waals surface area contributed by atoms with E-state index in [1.807, 2.05) is 0 Å². The minimum Gasteiger partial charge on any atom is -0.466 e. The zero-order chi connectivity index (χ0) is 23.5. The van der Waals surface area contributed by atoms with Crippen molar-refractivity contribution in [3.63, 3.8) is 0 Å². The lowest BCUT2D eigenvalue weighted by Crippen LogP contribution is -2.00. The third-order valence-electron chi connectivity index (χ3n) is 5.44. The monoisotopic (exact) mass is 490 g/mol. The summed E-state index contributed by atoms with van der Waals surface area (Å²) < 4.78 is 9.89. The average molecular weight is 491 g/mol. The van der Waals surface area contributed by atoms with Crippen molar-refractivity contribution in [1.82, 2.24) is 0 Å². The zero-order valence-corrected chi connectivity index (χ0v) is 22.6. The zero-order valence-electron chi connectivity index (χ0n) is 21.0. The molecule has 0 heterocycles. The van der Waals surface area contributed by atoms with E-state index in [2.05, 4.69) is 21.6 Å². The highest BCUT2D eigenvalue weighted by Crippen LogP contribution is 2.25. The number of rotatable bonds is 25. The second-order valence-corrected chi connectivity index (χ2v) is 11.4. The largest absolute Gasteiger partial charge is 0.466 e. The van der Waals surface area contributed by atoms with Gasteiger partial charge in [-0.3, -0.25) is 9.59 Å². The van der Waals surface area contributed by atoms with Gasteiger partial charge in [0.15, 0.2) is 0 Å². The van der Waals surface area contributed by atoms with Gasteiger partial charge in [-0.2, -0.15) is 0 Å². The molecule has 0 radical (unpaired) electrons. The molecule has 0 amide bonds. The predicted molar refractivity (Wildman–Crippen MR) is 141 cm³/mol. The maximum Gasteiger partial charge on any atom is 0.302 e. The second kappa shape index (κ2) is 26.9. The van der Waals surface area contributed by atoms with Gasteiger partial charge in [-0.1, -0.05) is 111 Å². The molecule has 4 nitrogen and oxygen atoms in total. The molecule has 0 aromatic rings. The molecule has 0 aliphatic heterocycles. The van der Waals surface area contributed by atoms with E-state index in [4.69, 9.17) is 9.47 Å². The Morgan fingerprint density at radius 3 is 0.969 bits per heavy atom. The van der Waals surface area contributed by atoms with Crippen LogP contribution in [0.25, 0.3) is 0 Å². The van der Waals surface area contributed by atoms with E-state index < -0.39 is 0 Å². The SMILES string of the molecule is CC(=O)OCCCCCCCCCCCSSCCCCCCCCCCCOC(C)=O. The molecule has 0 aromatic heterocycles. The standard InChI is InChI=1S/C26H50O4S2/c1-25(27)29-21-17-13-9-5-3-7-11-15-19-23-31-32-24-20-16-12-8-4-6-10-14-18-22-30-26(2)28/h3-24H2,1-2H3. The molecule has 0 rings (SSSR count). The first-order valence-corrected chi connectivity index (χ1v) is 15.6. The Balaban J connectivity index is 3.02. The summed E-state index contributed by atoms with van der Waals surface area (Å²) in [5, 5.41) is 0. The topological polar surface area (TPSA) is 52.6 Å². The minimum absolute atomic E-state index is 0.161. The Bertz CT molecular complexity index is 381. The maximum atomic E-state index is 10.7. The Morgan fingerprint density at radius 1 is 0.438 bits per heavy atom. The fraction of sp³-hybridized carbons (Fsp3) is 0.923. The van der Waals surface area contributed by atoms with Crippen molar-refractivity contribution >= 4 is 33.5 Å². The molecule has 32 heavy (non-hydrogen) atoms. The van der Waals surface area contributed by atoms with Gasteiger partial charge in [-0.05, 0) is 25.7 Å². The fourth-order valence-corrected chi connectivity index (χ4v) is 5.84. The van der Waals surface area contributed by atoms with Crippen LogP contribution in [-0.4, -0.2) is 36.7 Å². The van der Waals surface area contributed by atoms with Crippen LogP contribution in [0.4, 0.5) is 0 Å². The van der Waals surface area contributed by atoms with Crippen LogP contribution in [0.2, 0.25) is 0 Å². The predicted octanol–water partition coefficient (Wildman–Crippen LogP) is 8.52. The van der Waals surface area contributed by atoms with E-state index in [-0.39, 0.29) is 11.9 Å². The van der Waals surface area contributed by atoms with Crippen LogP contribution in [0.15, 0.2) is 0 Å². The van der Waals surface area contributed by atoms with Gasteiger partial charge in [0.05, 0.1) is 13.2 Å². The molecule has 0 spiro atoms. The van der Waals surface area contributed by atoms with Gasteiger partial charge < -0.3 is 9.47 Å². The van der Waals surface area contributed by atoms with Gasteiger partial charge in [0, 0.05) is 25.4 Å². The number of unbranched alkanes of at least 4 members (excludes halogenated alkanes) is 16. The molecule has 0 atom stereocenters. The minimum atomic E-state index is -0.161. The number of carbonyl (C=O) groups is 2. The molecular weight excluding hydrogens is 440 g/mol. The summed E-state index contributed by atoms with van der Waals surface area (Å²) >= 11 is 0. The van der Waals surface area contributed by atoms with Crippen molar-refractivity contribution in [2.45, 2.75) is 129 Å². The summed E-state index contributed by atoms with van der Waals surface area (Å²) in [7, 11) is 4.13. The van der Waals surface area contributed by atoms with E-state index in [9.17, 15) is 9.59 Å². The van der Waals surface area contributed by atoms with Crippen LogP contribution in [0.3, 0.4) is 0 Å². The van der Waals surface area contributed by atoms with Crippen molar-refractivity contribution in [3.05, 3.63) is 0 Å². The maximum absolute atomic E-state index is 10.7. The van der Waals surface area contributed by atoms with Crippen molar-refractivity contribution in [1.29, 1.82) is 0 Å². The Kier molecular flexibility index (Phi) is 26.6. The molecule has 0 fully saturated rings. The summed E-state index contributed by atoms with van der Waals surface area (Å²) in [6, 6.07) is 0.